The summed E-state index contributed by atoms with van der Waals surface area (Å²) in [4.78, 5) is 14.9. The summed E-state index contributed by atoms with van der Waals surface area (Å²) >= 11 is 0. The molecule has 0 spiro atoms. The maximum absolute atomic E-state index is 12.9. The third kappa shape index (κ3) is 2.23. The first-order valence-electron chi connectivity index (χ1n) is 7.39. The van der Waals surface area contributed by atoms with Gasteiger partial charge in [-0.2, -0.15) is 0 Å². The summed E-state index contributed by atoms with van der Waals surface area (Å²) in [7, 11) is 0. The van der Waals surface area contributed by atoms with E-state index in [-0.39, 0.29) is 5.91 Å². The summed E-state index contributed by atoms with van der Waals surface area (Å²) in [5.41, 5.74) is 9.12. The molecule has 2 N–H and O–H groups in total. The lowest BCUT2D eigenvalue weighted by atomic mass is 9.88. The zero-order valence-electron chi connectivity index (χ0n) is 12.0. The van der Waals surface area contributed by atoms with Crippen molar-refractivity contribution in [1.82, 2.24) is 0 Å². The molecule has 0 atom stereocenters. The van der Waals surface area contributed by atoms with Gasteiger partial charge in [0.15, 0.2) is 0 Å². The van der Waals surface area contributed by atoms with Crippen LogP contribution in [0.3, 0.4) is 0 Å². The number of aryl methyl sites for hydroxylation is 2. The molecule has 0 aromatic heterocycles. The molecule has 0 unspecified atom stereocenters. The molecule has 1 fully saturated rings. The summed E-state index contributed by atoms with van der Waals surface area (Å²) in [6.07, 6.45) is 3.28. The molecule has 0 radical (unpaired) electrons. The fraction of sp³-hybridized carbons (Fsp3) is 0.562. The highest BCUT2D eigenvalue weighted by Gasteiger charge is 2.40. The van der Waals surface area contributed by atoms with E-state index in [0.29, 0.717) is 26.1 Å². The van der Waals surface area contributed by atoms with E-state index in [9.17, 15) is 4.79 Å². The van der Waals surface area contributed by atoms with Gasteiger partial charge in [-0.3, -0.25) is 4.79 Å². The summed E-state index contributed by atoms with van der Waals surface area (Å²) in [6, 6.07) is 6.25. The summed E-state index contributed by atoms with van der Waals surface area (Å²) in [5, 5.41) is 0. The topological polar surface area (TPSA) is 55.6 Å². The Hall–Kier alpha value is -1.39. The highest BCUT2D eigenvalue weighted by molar-refractivity contribution is 6.01. The number of amides is 1. The Kier molecular flexibility index (Phi) is 3.52. The maximum atomic E-state index is 12.9. The Labute approximate surface area is 119 Å². The number of ether oxygens (including phenoxy) is 1. The lowest BCUT2D eigenvalue weighted by Crippen LogP contribution is -2.59. The first-order chi connectivity index (χ1) is 9.62. The molecule has 2 aliphatic heterocycles. The third-order valence-electron chi connectivity index (χ3n) is 4.48. The van der Waals surface area contributed by atoms with E-state index in [1.165, 1.54) is 5.56 Å². The van der Waals surface area contributed by atoms with Gasteiger partial charge in [0.25, 0.3) is 0 Å². The van der Waals surface area contributed by atoms with Crippen molar-refractivity contribution in [2.24, 2.45) is 5.73 Å². The lowest BCUT2D eigenvalue weighted by molar-refractivity contribution is -0.127. The van der Waals surface area contributed by atoms with Crippen molar-refractivity contribution in [2.75, 3.05) is 24.7 Å². The van der Waals surface area contributed by atoms with Crippen LogP contribution in [0.4, 0.5) is 5.69 Å². The van der Waals surface area contributed by atoms with Crippen LogP contribution in [-0.2, 0) is 16.0 Å². The van der Waals surface area contributed by atoms with Crippen LogP contribution in [0.2, 0.25) is 0 Å². The van der Waals surface area contributed by atoms with Gasteiger partial charge in [-0.25, -0.2) is 0 Å². The van der Waals surface area contributed by atoms with Crippen LogP contribution >= 0.6 is 0 Å². The largest absolute Gasteiger partial charge is 0.381 e. The first-order valence-corrected chi connectivity index (χ1v) is 7.39. The quantitative estimate of drug-likeness (QED) is 0.849. The average Bonchev–Trinajstić information content (AvgIpc) is 2.47. The molecular weight excluding hydrogens is 252 g/mol. The van der Waals surface area contributed by atoms with Crippen LogP contribution in [0.25, 0.3) is 0 Å². The van der Waals surface area contributed by atoms with E-state index in [0.717, 1.165) is 30.6 Å². The van der Waals surface area contributed by atoms with Crippen LogP contribution < -0.4 is 10.6 Å². The van der Waals surface area contributed by atoms with Crippen molar-refractivity contribution in [1.29, 1.82) is 0 Å². The molecule has 1 saturated heterocycles. The number of carbonyl (C=O) groups is 1. The predicted octanol–water partition coefficient (Wildman–Crippen LogP) is 1.78. The van der Waals surface area contributed by atoms with E-state index >= 15 is 0 Å². The van der Waals surface area contributed by atoms with Crippen molar-refractivity contribution in [3.63, 3.8) is 0 Å². The number of nitrogens with two attached hydrogens (primary N) is 1. The lowest BCUT2D eigenvalue weighted by Gasteiger charge is -2.39. The number of nitrogens with zero attached hydrogens (tertiary/aromatic N) is 1. The number of anilines is 1. The second-order valence-electron chi connectivity index (χ2n) is 5.91. The third-order valence-corrected chi connectivity index (χ3v) is 4.48. The average molecular weight is 274 g/mol. The van der Waals surface area contributed by atoms with E-state index in [4.69, 9.17) is 10.5 Å². The molecule has 4 heteroatoms. The first kappa shape index (κ1) is 13.6. The molecule has 0 saturated carbocycles. The number of hydrogen-bond donors (Lipinski definition) is 1. The van der Waals surface area contributed by atoms with E-state index in [1.807, 2.05) is 4.90 Å². The van der Waals surface area contributed by atoms with Gasteiger partial charge in [-0.05, 0) is 43.7 Å². The van der Waals surface area contributed by atoms with E-state index in [2.05, 4.69) is 25.1 Å². The Morgan fingerprint density at radius 1 is 1.35 bits per heavy atom. The minimum Gasteiger partial charge on any atom is -0.381 e. The number of para-hydroxylation sites is 1. The van der Waals surface area contributed by atoms with Crippen LogP contribution in [0.1, 0.15) is 30.4 Å². The SMILES string of the molecule is Cc1cccc2c1N(C(=O)C1(N)CCOCC1)CCC2. The van der Waals surface area contributed by atoms with E-state index in [1.54, 1.807) is 0 Å². The monoisotopic (exact) mass is 274 g/mol. The van der Waals surface area contributed by atoms with Gasteiger partial charge in [0, 0.05) is 25.4 Å². The molecule has 0 aliphatic carbocycles. The minimum atomic E-state index is -0.755. The summed E-state index contributed by atoms with van der Waals surface area (Å²) in [5.74, 6) is 0.0658. The molecule has 1 aromatic rings. The Bertz CT molecular complexity index is 521. The summed E-state index contributed by atoms with van der Waals surface area (Å²) in [6.45, 7) is 4.00. The zero-order chi connectivity index (χ0) is 14.2. The van der Waals surface area contributed by atoms with Gasteiger partial charge >= 0.3 is 0 Å². The Morgan fingerprint density at radius 3 is 2.85 bits per heavy atom. The Balaban J connectivity index is 1.94. The number of rotatable bonds is 1. The standard InChI is InChI=1S/C16H22N2O2/c1-12-4-2-5-13-6-3-9-18(14(12)13)15(19)16(17)7-10-20-11-8-16/h2,4-5H,3,6-11,17H2,1H3. The molecule has 20 heavy (non-hydrogen) atoms. The molecule has 1 amide bonds. The van der Waals surface area contributed by atoms with Gasteiger partial charge in [-0.15, -0.1) is 0 Å². The molecule has 0 bridgehead atoms. The van der Waals surface area contributed by atoms with Gasteiger partial charge in [0.05, 0.1) is 0 Å². The fourth-order valence-electron chi connectivity index (χ4n) is 3.27. The molecule has 2 heterocycles. The van der Waals surface area contributed by atoms with Crippen LogP contribution in [0.5, 0.6) is 0 Å². The molecule has 108 valence electrons. The van der Waals surface area contributed by atoms with Crippen molar-refractivity contribution >= 4 is 11.6 Å². The number of benzene rings is 1. The number of carbonyl (C=O) groups excluding carboxylic acids is 1. The van der Waals surface area contributed by atoms with Gasteiger partial charge < -0.3 is 15.4 Å². The normalized spacial score (nSPS) is 21.4. The highest BCUT2D eigenvalue weighted by atomic mass is 16.5. The molecule has 2 aliphatic rings. The molecule has 4 nitrogen and oxygen atoms in total. The summed E-state index contributed by atoms with van der Waals surface area (Å²) < 4.78 is 5.34. The molecular formula is C16H22N2O2. The second-order valence-corrected chi connectivity index (χ2v) is 5.91. The molecule has 3 rings (SSSR count). The van der Waals surface area contributed by atoms with Crippen molar-refractivity contribution in [2.45, 2.75) is 38.1 Å². The second kappa shape index (κ2) is 5.19. The Morgan fingerprint density at radius 2 is 2.10 bits per heavy atom. The fourth-order valence-corrected chi connectivity index (χ4v) is 3.27. The predicted molar refractivity (Wildman–Crippen MR) is 78.8 cm³/mol. The van der Waals surface area contributed by atoms with Crippen LogP contribution in [0, 0.1) is 6.92 Å². The number of fused-ring (bicyclic) bond motifs is 1. The van der Waals surface area contributed by atoms with Crippen molar-refractivity contribution < 1.29 is 9.53 Å². The number of hydrogen-bond acceptors (Lipinski definition) is 3. The van der Waals surface area contributed by atoms with Gasteiger partial charge in [0.2, 0.25) is 5.91 Å². The smallest absolute Gasteiger partial charge is 0.247 e. The highest BCUT2D eigenvalue weighted by Crippen LogP contribution is 2.33. The minimum absolute atomic E-state index is 0.0658. The van der Waals surface area contributed by atoms with E-state index < -0.39 is 5.54 Å². The van der Waals surface area contributed by atoms with Gasteiger partial charge in [-0.1, -0.05) is 18.2 Å². The van der Waals surface area contributed by atoms with Crippen molar-refractivity contribution in [3.05, 3.63) is 29.3 Å². The zero-order valence-corrected chi connectivity index (χ0v) is 12.0. The molecule has 1 aromatic carbocycles. The van der Waals surface area contributed by atoms with Gasteiger partial charge in [0.1, 0.15) is 5.54 Å². The maximum Gasteiger partial charge on any atom is 0.247 e. The van der Waals surface area contributed by atoms with Crippen LogP contribution in [0.15, 0.2) is 18.2 Å². The van der Waals surface area contributed by atoms with Crippen LogP contribution in [-0.4, -0.2) is 31.2 Å². The van der Waals surface area contributed by atoms with Crippen molar-refractivity contribution in [3.8, 4) is 0 Å².